The molecule has 4 aromatic heterocycles. The van der Waals surface area contributed by atoms with Gasteiger partial charge in [-0.1, -0.05) is 44.9 Å². The van der Waals surface area contributed by atoms with Gasteiger partial charge < -0.3 is 16.0 Å². The minimum absolute atomic E-state index is 0.278. The molecule has 7 rings (SSSR count). The number of aryl methyl sites for hydroxylation is 1. The molecule has 5 aromatic rings. The number of rotatable bonds is 7. The molecule has 1 aromatic carbocycles. The first-order valence-corrected chi connectivity index (χ1v) is 19.0. The highest BCUT2D eigenvalue weighted by molar-refractivity contribution is 6.87. The zero-order valence-corrected chi connectivity index (χ0v) is 28.0. The van der Waals surface area contributed by atoms with Gasteiger partial charge in [0, 0.05) is 39.9 Å². The van der Waals surface area contributed by atoms with E-state index in [4.69, 9.17) is 26.4 Å². The summed E-state index contributed by atoms with van der Waals surface area (Å²) in [6.07, 6.45) is 9.39. The van der Waals surface area contributed by atoms with E-state index in [1.165, 1.54) is 0 Å². The van der Waals surface area contributed by atoms with Gasteiger partial charge in [-0.3, -0.25) is 14.8 Å². The lowest BCUT2D eigenvalue weighted by Crippen LogP contribution is -2.31. The number of amides is 1. The third-order valence-electron chi connectivity index (χ3n) is 11.0. The molecule has 10 heteroatoms. The zero-order valence-electron chi connectivity index (χ0n) is 27.0. The van der Waals surface area contributed by atoms with Crippen LogP contribution in [0.4, 0.5) is 5.82 Å². The number of benzene rings is 1. The Kier molecular flexibility index (Phi) is 7.20. The Balaban J connectivity index is 1.51. The number of anilines is 1. The monoisotopic (exact) mass is 628 g/mol. The number of aromatic nitrogens is 6. The minimum Gasteiger partial charge on any atom is -0.383 e. The summed E-state index contributed by atoms with van der Waals surface area (Å²) in [5.41, 5.74) is 22.2. The molecule has 9 nitrogen and oxygen atoms in total. The van der Waals surface area contributed by atoms with Crippen molar-refractivity contribution in [3.63, 3.8) is 0 Å². The van der Waals surface area contributed by atoms with E-state index >= 15 is 0 Å². The quantitative estimate of drug-likeness (QED) is 0.156. The van der Waals surface area contributed by atoms with Crippen molar-refractivity contribution in [2.24, 2.45) is 5.73 Å². The molecule has 4 heterocycles. The molecule has 0 spiro atoms. The fourth-order valence-corrected chi connectivity index (χ4v) is 10.7. The molecule has 2 fully saturated rings. The molecule has 234 valence electrons. The SMILES string of the molecule is CC[Si](C#Cc1c(-c2cnc3ccccc3c2)c2c(N)ncnc2n1C12CCC(c3nc(C)cnc3C(N)=O)(CC1)C2)(CC)CC. The number of primary amides is 1. The summed E-state index contributed by atoms with van der Waals surface area (Å²) in [5.74, 6) is 3.70. The van der Waals surface area contributed by atoms with Crippen LogP contribution in [0.2, 0.25) is 18.1 Å². The fraction of sp³-hybridized carbons (Fsp3) is 0.389. The highest BCUT2D eigenvalue weighted by Crippen LogP contribution is 2.62. The van der Waals surface area contributed by atoms with Gasteiger partial charge in [0.05, 0.1) is 22.3 Å². The Hall–Kier alpha value is -4.62. The van der Waals surface area contributed by atoms with Crippen molar-refractivity contribution in [3.8, 4) is 22.6 Å². The van der Waals surface area contributed by atoms with Crippen LogP contribution in [-0.4, -0.2) is 43.5 Å². The van der Waals surface area contributed by atoms with Crippen molar-refractivity contribution >= 4 is 41.7 Å². The average molecular weight is 629 g/mol. The van der Waals surface area contributed by atoms with Gasteiger partial charge in [-0.2, -0.15) is 0 Å². The van der Waals surface area contributed by atoms with Crippen molar-refractivity contribution in [3.05, 3.63) is 71.8 Å². The second-order valence-electron chi connectivity index (χ2n) is 13.3. The summed E-state index contributed by atoms with van der Waals surface area (Å²) < 4.78 is 2.39. The van der Waals surface area contributed by atoms with Crippen LogP contribution in [0.15, 0.2) is 49.1 Å². The van der Waals surface area contributed by atoms with Crippen LogP contribution in [0.1, 0.15) is 80.4 Å². The van der Waals surface area contributed by atoms with Crippen LogP contribution in [0, 0.1) is 18.4 Å². The Bertz CT molecular complexity index is 2070. The topological polar surface area (TPSA) is 138 Å². The molecule has 2 bridgehead atoms. The molecule has 2 aliphatic carbocycles. The Labute approximate surface area is 270 Å². The van der Waals surface area contributed by atoms with Crippen molar-refractivity contribution in [1.82, 2.24) is 29.5 Å². The van der Waals surface area contributed by atoms with E-state index in [-0.39, 0.29) is 16.6 Å². The summed E-state index contributed by atoms with van der Waals surface area (Å²) >= 11 is 0. The number of fused-ring (bicyclic) bond motifs is 4. The van der Waals surface area contributed by atoms with E-state index in [1.54, 1.807) is 12.5 Å². The molecule has 2 saturated carbocycles. The number of nitrogen functional groups attached to an aromatic ring is 1. The smallest absolute Gasteiger partial charge is 0.269 e. The normalized spacial score (nSPS) is 20.7. The van der Waals surface area contributed by atoms with E-state index in [1.807, 2.05) is 31.3 Å². The standard InChI is InChI=1S/C36H40N8OSi/c1-5-46(6-2,7-3)17-12-27-28(25-18-24-10-8-9-11-26(24)39-20-25)29-32(37)41-22-42-34(29)44(27)36-15-13-35(21-36,14-16-36)31-30(33(38)45)40-19-23(4)43-31/h8-11,18-20,22H,5-7,13-16,21H2,1-4H3,(H2,38,45)(H2,37,41,42). The van der Waals surface area contributed by atoms with Crippen LogP contribution in [0.25, 0.3) is 33.1 Å². The van der Waals surface area contributed by atoms with E-state index in [2.05, 4.69) is 58.9 Å². The highest BCUT2D eigenvalue weighted by Gasteiger charge is 2.59. The van der Waals surface area contributed by atoms with Gasteiger partial charge in [0.1, 0.15) is 37.3 Å². The first kappa shape index (κ1) is 30.1. The number of pyridine rings is 1. The molecular weight excluding hydrogens is 589 g/mol. The second kappa shape index (κ2) is 11.0. The number of nitrogens with two attached hydrogens (primary N) is 2. The maximum Gasteiger partial charge on any atom is 0.269 e. The van der Waals surface area contributed by atoms with Crippen LogP contribution >= 0.6 is 0 Å². The van der Waals surface area contributed by atoms with Gasteiger partial charge in [0.25, 0.3) is 5.91 Å². The summed E-state index contributed by atoms with van der Waals surface area (Å²) in [6.45, 7) is 8.75. The molecule has 0 aliphatic heterocycles. The highest BCUT2D eigenvalue weighted by atomic mass is 28.3. The van der Waals surface area contributed by atoms with Gasteiger partial charge in [0.15, 0.2) is 0 Å². The van der Waals surface area contributed by atoms with E-state index in [0.29, 0.717) is 5.82 Å². The maximum atomic E-state index is 12.6. The number of para-hydroxylation sites is 1. The van der Waals surface area contributed by atoms with Gasteiger partial charge >= 0.3 is 0 Å². The van der Waals surface area contributed by atoms with Crippen molar-refractivity contribution < 1.29 is 4.79 Å². The average Bonchev–Trinajstić information content (AvgIpc) is 3.75. The first-order chi connectivity index (χ1) is 22.2. The number of carbonyl (C=O) groups excluding carboxylic acids is 1. The number of nitrogens with zero attached hydrogens (tertiary/aromatic N) is 6. The summed E-state index contributed by atoms with van der Waals surface area (Å²) in [6, 6.07) is 13.6. The van der Waals surface area contributed by atoms with Gasteiger partial charge in [-0.05, 0) is 69.3 Å². The van der Waals surface area contributed by atoms with Crippen LogP contribution < -0.4 is 11.5 Å². The number of hydrogen-bond donors (Lipinski definition) is 2. The van der Waals surface area contributed by atoms with Crippen molar-refractivity contribution in [1.29, 1.82) is 0 Å². The maximum absolute atomic E-state index is 12.6. The molecule has 0 atom stereocenters. The van der Waals surface area contributed by atoms with Crippen molar-refractivity contribution in [2.45, 2.75) is 88.9 Å². The van der Waals surface area contributed by atoms with E-state index in [9.17, 15) is 4.79 Å². The molecule has 0 unspecified atom stereocenters. The summed E-state index contributed by atoms with van der Waals surface area (Å²) in [5, 5.41) is 1.86. The van der Waals surface area contributed by atoms with Gasteiger partial charge in [-0.15, -0.1) is 5.54 Å². The lowest BCUT2D eigenvalue weighted by Gasteiger charge is -2.31. The largest absolute Gasteiger partial charge is 0.383 e. The molecule has 0 saturated heterocycles. The lowest BCUT2D eigenvalue weighted by atomic mass is 9.79. The number of hydrogen-bond acceptors (Lipinski definition) is 7. The lowest BCUT2D eigenvalue weighted by molar-refractivity contribution is 0.0992. The van der Waals surface area contributed by atoms with Gasteiger partial charge in [-0.25, -0.2) is 15.0 Å². The van der Waals surface area contributed by atoms with Crippen LogP contribution in [-0.2, 0) is 11.0 Å². The summed E-state index contributed by atoms with van der Waals surface area (Å²) in [4.78, 5) is 36.2. The molecule has 2 aliphatic rings. The van der Waals surface area contributed by atoms with Crippen LogP contribution in [0.5, 0.6) is 0 Å². The predicted octanol–water partition coefficient (Wildman–Crippen LogP) is 6.44. The molecule has 46 heavy (non-hydrogen) atoms. The molecular formula is C36H40N8OSi. The Morgan fingerprint density at radius 3 is 2.46 bits per heavy atom. The number of carbonyl (C=O) groups is 1. The zero-order chi connectivity index (χ0) is 32.3. The Morgan fingerprint density at radius 2 is 1.74 bits per heavy atom. The van der Waals surface area contributed by atoms with E-state index in [0.717, 1.165) is 100 Å². The molecule has 4 N–H and O–H groups in total. The third kappa shape index (κ3) is 4.51. The first-order valence-electron chi connectivity index (χ1n) is 16.4. The Morgan fingerprint density at radius 1 is 1.00 bits per heavy atom. The van der Waals surface area contributed by atoms with Gasteiger partial charge in [0.2, 0.25) is 0 Å². The molecule has 1 amide bonds. The minimum atomic E-state index is -1.84. The predicted molar refractivity (Wildman–Crippen MR) is 185 cm³/mol. The van der Waals surface area contributed by atoms with E-state index < -0.39 is 14.0 Å². The van der Waals surface area contributed by atoms with Crippen molar-refractivity contribution in [2.75, 3.05) is 5.73 Å². The third-order valence-corrected chi connectivity index (χ3v) is 15.8. The summed E-state index contributed by atoms with van der Waals surface area (Å²) in [7, 11) is -1.84. The van der Waals surface area contributed by atoms with Crippen LogP contribution in [0.3, 0.4) is 0 Å². The fourth-order valence-electron chi connectivity index (χ4n) is 8.24. The molecule has 0 radical (unpaired) electrons. The second-order valence-corrected chi connectivity index (χ2v) is 18.2.